The van der Waals surface area contributed by atoms with E-state index < -0.39 is 0 Å². The summed E-state index contributed by atoms with van der Waals surface area (Å²) >= 11 is 7.40. The third kappa shape index (κ3) is 4.81. The molecular formula is C21H21ClN2O4S. The van der Waals surface area contributed by atoms with E-state index in [1.807, 2.05) is 0 Å². The Bertz CT molecular complexity index is 977. The summed E-state index contributed by atoms with van der Waals surface area (Å²) in [7, 11) is 3.05. The number of carbonyl (C=O) groups is 1. The topological polar surface area (TPSA) is 79.8 Å². The molecule has 3 rings (SSSR count). The highest BCUT2D eigenvalue weighted by Gasteiger charge is 2.28. The lowest BCUT2D eigenvalue weighted by atomic mass is 10.1. The van der Waals surface area contributed by atoms with Gasteiger partial charge in [-0.25, -0.2) is 0 Å². The van der Waals surface area contributed by atoms with Crippen LogP contribution in [0.4, 0.5) is 5.69 Å². The van der Waals surface area contributed by atoms with Gasteiger partial charge in [-0.05, 0) is 48.4 Å². The molecule has 1 fully saturated rings. The van der Waals surface area contributed by atoms with E-state index in [0.29, 0.717) is 39.1 Å². The third-order valence-corrected chi connectivity index (χ3v) is 5.50. The highest BCUT2D eigenvalue weighted by atomic mass is 35.5. The van der Waals surface area contributed by atoms with Crippen LogP contribution in [0.15, 0.2) is 47.9 Å². The molecule has 0 saturated carbocycles. The maximum atomic E-state index is 12.4. The van der Waals surface area contributed by atoms with Crippen LogP contribution in [-0.2, 0) is 11.2 Å². The Hall–Kier alpha value is -2.77. The lowest BCUT2D eigenvalue weighted by Gasteiger charge is -2.15. The Kier molecular flexibility index (Phi) is 6.61. The van der Waals surface area contributed by atoms with Crippen molar-refractivity contribution < 1.29 is 19.4 Å². The predicted octanol–water partition coefficient (Wildman–Crippen LogP) is 4.39. The molecule has 1 aliphatic heterocycles. The van der Waals surface area contributed by atoms with Gasteiger partial charge in [0.2, 0.25) is 0 Å². The van der Waals surface area contributed by atoms with Crippen molar-refractivity contribution >= 4 is 41.0 Å². The maximum Gasteiger partial charge on any atom is 0.260 e. The summed E-state index contributed by atoms with van der Waals surface area (Å²) in [5.74, 6) is 0.841. The number of ether oxygens (including phenoxy) is 2. The molecule has 3 N–H and O–H groups in total. The zero-order valence-corrected chi connectivity index (χ0v) is 17.6. The smallest absolute Gasteiger partial charge is 0.260 e. The van der Waals surface area contributed by atoms with Crippen molar-refractivity contribution in [3.63, 3.8) is 0 Å². The average Bonchev–Trinajstić information content (AvgIpc) is 3.03. The number of hydrogen-bond donors (Lipinski definition) is 3. The normalized spacial score (nSPS) is 17.1. The van der Waals surface area contributed by atoms with Crippen molar-refractivity contribution in [2.24, 2.45) is 0 Å². The summed E-state index contributed by atoms with van der Waals surface area (Å²) in [6.45, 7) is 3.70. The van der Waals surface area contributed by atoms with Gasteiger partial charge in [0.1, 0.15) is 5.75 Å². The molecule has 2 aromatic carbocycles. The Labute approximate surface area is 178 Å². The number of nitrogens with one attached hydrogen (secondary N) is 2. The number of thioether (sulfide) groups is 1. The van der Waals surface area contributed by atoms with Gasteiger partial charge in [-0.2, -0.15) is 0 Å². The van der Waals surface area contributed by atoms with Crippen molar-refractivity contribution in [1.82, 2.24) is 5.32 Å². The van der Waals surface area contributed by atoms with Crippen LogP contribution in [0.25, 0.3) is 6.08 Å². The summed E-state index contributed by atoms with van der Waals surface area (Å²) in [5, 5.41) is 16.9. The molecule has 1 unspecified atom stereocenters. The minimum Gasteiger partial charge on any atom is -0.504 e. The lowest BCUT2D eigenvalue weighted by Crippen LogP contribution is -2.31. The van der Waals surface area contributed by atoms with E-state index in [9.17, 15) is 9.90 Å². The molecule has 0 aliphatic carbocycles. The molecule has 0 aromatic heterocycles. The molecule has 0 radical (unpaired) electrons. The summed E-state index contributed by atoms with van der Waals surface area (Å²) in [5.41, 5.74) is 1.72. The van der Waals surface area contributed by atoms with E-state index in [0.717, 1.165) is 5.56 Å². The quantitative estimate of drug-likeness (QED) is 0.444. The van der Waals surface area contributed by atoms with E-state index >= 15 is 0 Å². The molecule has 0 spiro atoms. The molecule has 1 atom stereocenters. The number of phenolic OH excluding ortho intramolecular Hbond substituents is 1. The number of rotatable bonds is 7. The van der Waals surface area contributed by atoms with E-state index in [1.54, 1.807) is 49.6 Å². The first-order valence-electron chi connectivity index (χ1n) is 8.75. The molecule has 1 amide bonds. The summed E-state index contributed by atoms with van der Waals surface area (Å²) in [4.78, 5) is 13.0. The van der Waals surface area contributed by atoms with Crippen LogP contribution in [0, 0.1) is 0 Å². The van der Waals surface area contributed by atoms with Crippen molar-refractivity contribution in [2.45, 2.75) is 11.9 Å². The fraction of sp³-hybridized carbons (Fsp3) is 0.190. The Morgan fingerprint density at radius 1 is 1.28 bits per heavy atom. The van der Waals surface area contributed by atoms with Crippen molar-refractivity contribution in [3.8, 4) is 17.2 Å². The third-order valence-electron chi connectivity index (χ3n) is 4.24. The zero-order valence-electron chi connectivity index (χ0n) is 16.0. The first kappa shape index (κ1) is 21.0. The lowest BCUT2D eigenvalue weighted by molar-refractivity contribution is -0.116. The fourth-order valence-electron chi connectivity index (χ4n) is 2.89. The highest BCUT2D eigenvalue weighted by Crippen LogP contribution is 2.36. The van der Waals surface area contributed by atoms with Gasteiger partial charge in [-0.15, -0.1) is 6.58 Å². The number of anilines is 1. The molecule has 0 bridgehead atoms. The Balaban J connectivity index is 1.83. The Morgan fingerprint density at radius 3 is 2.72 bits per heavy atom. The minimum absolute atomic E-state index is 0.0747. The van der Waals surface area contributed by atoms with E-state index in [-0.39, 0.29) is 17.2 Å². The van der Waals surface area contributed by atoms with Gasteiger partial charge in [0.05, 0.1) is 24.8 Å². The van der Waals surface area contributed by atoms with E-state index in [1.165, 1.54) is 18.9 Å². The van der Waals surface area contributed by atoms with Gasteiger partial charge in [-0.1, -0.05) is 29.4 Å². The number of hydrogen-bond acceptors (Lipinski definition) is 6. The number of aromatic hydroxyl groups is 1. The molecule has 1 heterocycles. The van der Waals surface area contributed by atoms with Crippen molar-refractivity contribution in [2.75, 3.05) is 19.5 Å². The van der Waals surface area contributed by atoms with Crippen LogP contribution in [-0.4, -0.2) is 30.7 Å². The van der Waals surface area contributed by atoms with Gasteiger partial charge >= 0.3 is 0 Å². The maximum absolute atomic E-state index is 12.4. The van der Waals surface area contributed by atoms with Gasteiger partial charge in [-0.3, -0.25) is 4.79 Å². The minimum atomic E-state index is -0.382. The van der Waals surface area contributed by atoms with E-state index in [4.69, 9.17) is 21.1 Å². The van der Waals surface area contributed by atoms with Gasteiger partial charge in [0.25, 0.3) is 5.91 Å². The number of amides is 1. The number of methoxy groups -OCH3 is 2. The number of phenols is 1. The highest BCUT2D eigenvalue weighted by molar-refractivity contribution is 8.05. The zero-order chi connectivity index (χ0) is 21.0. The van der Waals surface area contributed by atoms with Crippen LogP contribution >= 0.6 is 23.4 Å². The number of benzene rings is 2. The largest absolute Gasteiger partial charge is 0.504 e. The summed E-state index contributed by atoms with van der Waals surface area (Å²) in [6.07, 6.45) is 3.93. The molecule has 8 heteroatoms. The number of allylic oxidation sites excluding steroid dienone is 1. The van der Waals surface area contributed by atoms with Crippen molar-refractivity contribution in [1.29, 1.82) is 0 Å². The SMILES string of the molecule is C=CCc1cc(/C=C2\SC(Nc3cc(Cl)ccc3OC)NC2=O)cc(OC)c1O. The van der Waals surface area contributed by atoms with Crippen LogP contribution < -0.4 is 20.1 Å². The predicted molar refractivity (Wildman–Crippen MR) is 118 cm³/mol. The molecular weight excluding hydrogens is 412 g/mol. The second-order valence-electron chi connectivity index (χ2n) is 6.19. The molecule has 152 valence electrons. The molecule has 2 aromatic rings. The number of carbonyl (C=O) groups excluding carboxylic acids is 1. The summed E-state index contributed by atoms with van der Waals surface area (Å²) < 4.78 is 10.6. The van der Waals surface area contributed by atoms with Crippen LogP contribution in [0.3, 0.4) is 0 Å². The van der Waals surface area contributed by atoms with Crippen LogP contribution in [0.5, 0.6) is 17.2 Å². The second kappa shape index (κ2) is 9.15. The monoisotopic (exact) mass is 432 g/mol. The molecule has 6 nitrogen and oxygen atoms in total. The van der Waals surface area contributed by atoms with E-state index in [2.05, 4.69) is 17.2 Å². The van der Waals surface area contributed by atoms with Gasteiger partial charge in [0, 0.05) is 10.6 Å². The van der Waals surface area contributed by atoms with Crippen LogP contribution in [0.1, 0.15) is 11.1 Å². The van der Waals surface area contributed by atoms with Gasteiger partial charge < -0.3 is 25.2 Å². The Morgan fingerprint density at radius 2 is 2.03 bits per heavy atom. The summed E-state index contributed by atoms with van der Waals surface area (Å²) in [6, 6.07) is 8.72. The first-order valence-corrected chi connectivity index (χ1v) is 10.0. The van der Waals surface area contributed by atoms with Gasteiger partial charge in [0.15, 0.2) is 17.0 Å². The molecule has 1 aliphatic rings. The molecule has 1 saturated heterocycles. The average molecular weight is 433 g/mol. The van der Waals surface area contributed by atoms with Crippen molar-refractivity contribution in [3.05, 3.63) is 64.0 Å². The second-order valence-corrected chi connectivity index (χ2v) is 7.78. The fourth-order valence-corrected chi connectivity index (χ4v) is 4.04. The molecule has 29 heavy (non-hydrogen) atoms. The first-order chi connectivity index (χ1) is 13.9. The number of halogens is 1. The van der Waals surface area contributed by atoms with Crippen LogP contribution in [0.2, 0.25) is 5.02 Å². The standard InChI is InChI=1S/C21H21ClN2O4S/c1-4-5-13-8-12(9-17(28-3)19(13)25)10-18-20(26)24-21(29-18)23-15-11-14(22)6-7-16(15)27-2/h4,6-11,21,23,25H,1,5H2,2-3H3,(H,24,26)/b18-10-.